The predicted octanol–water partition coefficient (Wildman–Crippen LogP) is 1.57. The van der Waals surface area contributed by atoms with Crippen molar-refractivity contribution in [2.24, 2.45) is 0 Å². The number of hydrogen-bond acceptors (Lipinski definition) is 3. The first-order valence-corrected chi connectivity index (χ1v) is 5.94. The Morgan fingerprint density at radius 1 is 1.56 bits per heavy atom. The molecular formula is C11H15BrN2O2. The van der Waals surface area contributed by atoms with Crippen LogP contribution in [0.5, 0.6) is 0 Å². The van der Waals surface area contributed by atoms with Crippen molar-refractivity contribution < 1.29 is 9.90 Å². The minimum atomic E-state index is -0.0207. The lowest BCUT2D eigenvalue weighted by Gasteiger charge is -2.21. The summed E-state index contributed by atoms with van der Waals surface area (Å²) >= 11 is 3.33. The minimum absolute atomic E-state index is 0.0207. The van der Waals surface area contributed by atoms with Gasteiger partial charge in [0.25, 0.3) is 0 Å². The van der Waals surface area contributed by atoms with Crippen molar-refractivity contribution in [3.05, 3.63) is 28.5 Å². The second-order valence-corrected chi connectivity index (χ2v) is 4.32. The molecule has 0 spiro atoms. The maximum absolute atomic E-state index is 11.6. The Bertz CT molecular complexity index is 358. The van der Waals surface area contributed by atoms with Crippen LogP contribution >= 0.6 is 15.9 Å². The molecule has 0 aliphatic heterocycles. The molecule has 0 atom stereocenters. The molecule has 0 aliphatic carbocycles. The summed E-state index contributed by atoms with van der Waals surface area (Å²) in [5.41, 5.74) is 0.949. The van der Waals surface area contributed by atoms with Crippen LogP contribution in [-0.4, -0.2) is 34.0 Å². The van der Waals surface area contributed by atoms with Crippen LogP contribution in [0, 0.1) is 0 Å². The first-order chi connectivity index (χ1) is 7.67. The minimum Gasteiger partial charge on any atom is -0.395 e. The molecule has 88 valence electrons. The molecule has 1 rings (SSSR count). The summed E-state index contributed by atoms with van der Waals surface area (Å²) in [6.07, 6.45) is 3.86. The Kier molecular flexibility index (Phi) is 5.42. The topological polar surface area (TPSA) is 53.4 Å². The van der Waals surface area contributed by atoms with E-state index < -0.39 is 0 Å². The summed E-state index contributed by atoms with van der Waals surface area (Å²) in [7, 11) is 0. The molecule has 0 aliphatic rings. The molecule has 5 heteroatoms. The molecule has 16 heavy (non-hydrogen) atoms. The van der Waals surface area contributed by atoms with Gasteiger partial charge in [0.05, 0.1) is 6.61 Å². The van der Waals surface area contributed by atoms with Crippen LogP contribution in [-0.2, 0) is 11.3 Å². The molecule has 1 aromatic heterocycles. The molecule has 0 fully saturated rings. The molecule has 0 bridgehead atoms. The molecule has 0 radical (unpaired) electrons. The van der Waals surface area contributed by atoms with Crippen molar-refractivity contribution in [3.8, 4) is 0 Å². The van der Waals surface area contributed by atoms with Crippen LogP contribution in [0.1, 0.15) is 18.9 Å². The largest absolute Gasteiger partial charge is 0.395 e. The zero-order chi connectivity index (χ0) is 12.0. The maximum Gasteiger partial charge on any atom is 0.222 e. The van der Waals surface area contributed by atoms with Gasteiger partial charge in [-0.15, -0.1) is 0 Å². The highest BCUT2D eigenvalue weighted by molar-refractivity contribution is 9.10. The van der Waals surface area contributed by atoms with Gasteiger partial charge in [0.15, 0.2) is 0 Å². The third-order valence-corrected chi connectivity index (χ3v) is 2.59. The Morgan fingerprint density at radius 3 is 2.88 bits per heavy atom. The zero-order valence-corrected chi connectivity index (χ0v) is 10.8. The van der Waals surface area contributed by atoms with Gasteiger partial charge in [0.2, 0.25) is 5.91 Å². The smallest absolute Gasteiger partial charge is 0.222 e. The first kappa shape index (κ1) is 13.1. The van der Waals surface area contributed by atoms with E-state index in [0.29, 0.717) is 19.5 Å². The number of amides is 1. The van der Waals surface area contributed by atoms with Crippen LogP contribution in [0.15, 0.2) is 22.9 Å². The van der Waals surface area contributed by atoms with Crippen LogP contribution in [0.3, 0.4) is 0 Å². The van der Waals surface area contributed by atoms with Crippen LogP contribution in [0.4, 0.5) is 0 Å². The van der Waals surface area contributed by atoms with Crippen molar-refractivity contribution in [3.63, 3.8) is 0 Å². The Morgan fingerprint density at radius 2 is 2.31 bits per heavy atom. The van der Waals surface area contributed by atoms with Crippen molar-refractivity contribution in [2.75, 3.05) is 13.2 Å². The van der Waals surface area contributed by atoms with Crippen molar-refractivity contribution in [1.29, 1.82) is 0 Å². The van der Waals surface area contributed by atoms with Gasteiger partial charge in [-0.3, -0.25) is 9.78 Å². The average Bonchev–Trinajstić information content (AvgIpc) is 2.27. The fraction of sp³-hybridized carbons (Fsp3) is 0.455. The Hall–Kier alpha value is -0.940. The van der Waals surface area contributed by atoms with Gasteiger partial charge in [0, 0.05) is 36.4 Å². The van der Waals surface area contributed by atoms with E-state index in [1.165, 1.54) is 0 Å². The quantitative estimate of drug-likeness (QED) is 0.894. The Balaban J connectivity index is 2.71. The molecule has 4 nitrogen and oxygen atoms in total. The molecule has 1 N–H and O–H groups in total. The van der Waals surface area contributed by atoms with E-state index in [-0.39, 0.29) is 12.5 Å². The number of pyridine rings is 1. The molecule has 0 unspecified atom stereocenters. The van der Waals surface area contributed by atoms with Crippen LogP contribution in [0.2, 0.25) is 0 Å². The molecular weight excluding hydrogens is 272 g/mol. The number of aliphatic hydroxyl groups excluding tert-OH is 1. The number of carbonyl (C=O) groups is 1. The predicted molar refractivity (Wildman–Crippen MR) is 64.7 cm³/mol. The summed E-state index contributed by atoms with van der Waals surface area (Å²) in [6, 6.07) is 1.92. The van der Waals surface area contributed by atoms with E-state index in [1.807, 2.05) is 13.0 Å². The molecule has 1 aromatic rings. The van der Waals surface area contributed by atoms with E-state index in [9.17, 15) is 4.79 Å². The van der Waals surface area contributed by atoms with Gasteiger partial charge in [-0.25, -0.2) is 0 Å². The third kappa shape index (κ3) is 3.90. The number of nitrogens with zero attached hydrogens (tertiary/aromatic N) is 2. The lowest BCUT2D eigenvalue weighted by atomic mass is 10.2. The van der Waals surface area contributed by atoms with Gasteiger partial charge >= 0.3 is 0 Å². The standard InChI is InChI=1S/C11H15BrN2O2/c1-2-11(16)14(3-4-15)8-9-5-10(12)7-13-6-9/h5-7,15H,2-4,8H2,1H3. The lowest BCUT2D eigenvalue weighted by Crippen LogP contribution is -2.32. The molecule has 0 aromatic carbocycles. The highest BCUT2D eigenvalue weighted by Gasteiger charge is 2.11. The monoisotopic (exact) mass is 286 g/mol. The summed E-state index contributed by atoms with van der Waals surface area (Å²) < 4.78 is 0.887. The van der Waals surface area contributed by atoms with E-state index in [2.05, 4.69) is 20.9 Å². The maximum atomic E-state index is 11.6. The lowest BCUT2D eigenvalue weighted by molar-refractivity contribution is -0.132. The van der Waals surface area contributed by atoms with E-state index in [1.54, 1.807) is 17.3 Å². The summed E-state index contributed by atoms with van der Waals surface area (Å²) in [6.45, 7) is 2.64. The molecule has 0 saturated heterocycles. The van der Waals surface area contributed by atoms with Crippen molar-refractivity contribution >= 4 is 21.8 Å². The molecule has 0 saturated carbocycles. The second-order valence-electron chi connectivity index (χ2n) is 3.40. The number of aliphatic hydroxyl groups is 1. The van der Waals surface area contributed by atoms with Crippen LogP contribution < -0.4 is 0 Å². The third-order valence-electron chi connectivity index (χ3n) is 2.16. The summed E-state index contributed by atoms with van der Waals surface area (Å²) in [4.78, 5) is 17.2. The fourth-order valence-corrected chi connectivity index (χ4v) is 1.81. The van der Waals surface area contributed by atoms with Gasteiger partial charge in [0.1, 0.15) is 0 Å². The SMILES string of the molecule is CCC(=O)N(CCO)Cc1cncc(Br)c1. The van der Waals surface area contributed by atoms with Crippen molar-refractivity contribution in [2.45, 2.75) is 19.9 Å². The van der Waals surface area contributed by atoms with Gasteiger partial charge in [-0.2, -0.15) is 0 Å². The average molecular weight is 287 g/mol. The van der Waals surface area contributed by atoms with Crippen LogP contribution in [0.25, 0.3) is 0 Å². The van der Waals surface area contributed by atoms with E-state index in [4.69, 9.17) is 5.11 Å². The normalized spacial score (nSPS) is 10.2. The first-order valence-electron chi connectivity index (χ1n) is 5.15. The summed E-state index contributed by atoms with van der Waals surface area (Å²) in [5.74, 6) is 0.0361. The summed E-state index contributed by atoms with van der Waals surface area (Å²) in [5, 5.41) is 8.89. The van der Waals surface area contributed by atoms with Crippen molar-refractivity contribution in [1.82, 2.24) is 9.88 Å². The van der Waals surface area contributed by atoms with Gasteiger partial charge < -0.3 is 10.0 Å². The number of hydrogen-bond donors (Lipinski definition) is 1. The zero-order valence-electron chi connectivity index (χ0n) is 9.19. The number of rotatable bonds is 5. The second kappa shape index (κ2) is 6.60. The molecule has 1 amide bonds. The fourth-order valence-electron chi connectivity index (χ4n) is 1.40. The number of carbonyl (C=O) groups excluding carboxylic acids is 1. The van der Waals surface area contributed by atoms with E-state index >= 15 is 0 Å². The van der Waals surface area contributed by atoms with Gasteiger partial charge in [-0.1, -0.05) is 6.92 Å². The number of halogens is 1. The highest BCUT2D eigenvalue weighted by atomic mass is 79.9. The van der Waals surface area contributed by atoms with Gasteiger partial charge in [-0.05, 0) is 27.6 Å². The highest BCUT2D eigenvalue weighted by Crippen LogP contribution is 2.12. The van der Waals surface area contributed by atoms with E-state index in [0.717, 1.165) is 10.0 Å². The number of aromatic nitrogens is 1. The Labute approximate surface area is 103 Å². The molecule has 1 heterocycles.